The Labute approximate surface area is 205 Å². The molecular formula is C25H32N4O4S. The largest absolute Gasteiger partial charge is 0.493 e. The van der Waals surface area contributed by atoms with Crippen molar-refractivity contribution in [3.8, 4) is 28.6 Å². The van der Waals surface area contributed by atoms with Crippen LogP contribution < -0.4 is 19.5 Å². The molecule has 1 heterocycles. The van der Waals surface area contributed by atoms with Crippen LogP contribution in [0.25, 0.3) is 11.4 Å². The Bertz CT molecular complexity index is 1100. The van der Waals surface area contributed by atoms with Crippen molar-refractivity contribution < 1.29 is 19.0 Å². The van der Waals surface area contributed by atoms with E-state index in [1.165, 1.54) is 11.8 Å². The van der Waals surface area contributed by atoms with E-state index in [1.807, 2.05) is 29.7 Å². The average Bonchev–Trinajstić information content (AvgIpc) is 3.29. The Morgan fingerprint density at radius 3 is 2.09 bits per heavy atom. The third kappa shape index (κ3) is 5.30. The summed E-state index contributed by atoms with van der Waals surface area (Å²) >= 11 is 1.36. The van der Waals surface area contributed by atoms with Gasteiger partial charge in [-0.3, -0.25) is 4.79 Å². The Morgan fingerprint density at radius 1 is 0.971 bits per heavy atom. The van der Waals surface area contributed by atoms with Crippen LogP contribution in [0.1, 0.15) is 31.9 Å². The number of amides is 1. The molecule has 8 nitrogen and oxygen atoms in total. The fraction of sp³-hybridized carbons (Fsp3) is 0.400. The lowest BCUT2D eigenvalue weighted by molar-refractivity contribution is -0.113. The number of methoxy groups -OCH3 is 3. The molecule has 2 aromatic carbocycles. The number of nitrogens with one attached hydrogen (secondary N) is 1. The van der Waals surface area contributed by atoms with E-state index in [0.717, 1.165) is 35.2 Å². The van der Waals surface area contributed by atoms with E-state index in [1.54, 1.807) is 21.3 Å². The molecule has 34 heavy (non-hydrogen) atoms. The molecule has 1 amide bonds. The van der Waals surface area contributed by atoms with Crippen molar-refractivity contribution in [2.45, 2.75) is 45.3 Å². The number of hydrogen-bond acceptors (Lipinski definition) is 7. The standard InChI is InChI=1S/C25H32N4O4S/c1-7-16-11-10-12-17(8-2)22(16)26-21(30)15-34-25-28-27-24(29(25)9-3)18-13-19(31-4)23(33-6)20(14-18)32-5/h10-14H,7-9,15H2,1-6H3,(H,26,30). The van der Waals surface area contributed by atoms with Crippen molar-refractivity contribution in [1.29, 1.82) is 0 Å². The molecule has 3 rings (SSSR count). The van der Waals surface area contributed by atoms with Gasteiger partial charge in [0.25, 0.3) is 0 Å². The summed E-state index contributed by atoms with van der Waals surface area (Å²) in [6.45, 7) is 6.84. The summed E-state index contributed by atoms with van der Waals surface area (Å²) in [5.74, 6) is 2.42. The zero-order valence-electron chi connectivity index (χ0n) is 20.6. The van der Waals surface area contributed by atoms with Crippen LogP contribution in [0.4, 0.5) is 5.69 Å². The Kier molecular flexibility index (Phi) is 8.81. The fourth-order valence-electron chi connectivity index (χ4n) is 3.81. The molecule has 9 heteroatoms. The van der Waals surface area contributed by atoms with E-state index in [9.17, 15) is 4.79 Å². The molecule has 3 aromatic rings. The number of hydrogen-bond donors (Lipinski definition) is 1. The maximum absolute atomic E-state index is 12.8. The number of benzene rings is 2. The fourth-order valence-corrected chi connectivity index (χ4v) is 4.62. The third-order valence-corrected chi connectivity index (χ3v) is 6.52. The van der Waals surface area contributed by atoms with Gasteiger partial charge in [-0.25, -0.2) is 0 Å². The van der Waals surface area contributed by atoms with Crippen molar-refractivity contribution >= 4 is 23.4 Å². The first-order valence-corrected chi connectivity index (χ1v) is 12.3. The number of aryl methyl sites for hydroxylation is 2. The van der Waals surface area contributed by atoms with Crippen LogP contribution in [0, 0.1) is 0 Å². The van der Waals surface area contributed by atoms with E-state index < -0.39 is 0 Å². The lowest BCUT2D eigenvalue weighted by Crippen LogP contribution is -2.17. The van der Waals surface area contributed by atoms with Crippen LogP contribution in [0.5, 0.6) is 17.2 Å². The summed E-state index contributed by atoms with van der Waals surface area (Å²) in [7, 11) is 4.72. The zero-order chi connectivity index (χ0) is 24.7. The smallest absolute Gasteiger partial charge is 0.234 e. The van der Waals surface area contributed by atoms with Crippen LogP contribution in [-0.2, 0) is 24.2 Å². The van der Waals surface area contributed by atoms with Gasteiger partial charge in [-0.15, -0.1) is 10.2 Å². The van der Waals surface area contributed by atoms with Crippen molar-refractivity contribution in [2.24, 2.45) is 0 Å². The molecule has 0 aliphatic heterocycles. The number of aromatic nitrogens is 3. The Morgan fingerprint density at radius 2 is 1.59 bits per heavy atom. The van der Waals surface area contributed by atoms with Gasteiger partial charge in [0.2, 0.25) is 11.7 Å². The van der Waals surface area contributed by atoms with Gasteiger partial charge in [-0.2, -0.15) is 0 Å². The second-order valence-electron chi connectivity index (χ2n) is 7.46. The molecule has 1 N–H and O–H groups in total. The molecule has 0 saturated heterocycles. The summed E-state index contributed by atoms with van der Waals surface area (Å²) in [5, 5.41) is 12.5. The van der Waals surface area contributed by atoms with Crippen molar-refractivity contribution in [3.63, 3.8) is 0 Å². The molecule has 0 aliphatic rings. The van der Waals surface area contributed by atoms with Crippen LogP contribution in [0.2, 0.25) is 0 Å². The molecule has 1 aromatic heterocycles. The molecular weight excluding hydrogens is 452 g/mol. The first-order valence-electron chi connectivity index (χ1n) is 11.3. The van der Waals surface area contributed by atoms with Crippen molar-refractivity contribution in [3.05, 3.63) is 41.5 Å². The first-order chi connectivity index (χ1) is 16.5. The SMILES string of the molecule is CCc1cccc(CC)c1NC(=O)CSc1nnc(-c2cc(OC)c(OC)c(OC)c2)n1CC. The van der Waals surface area contributed by atoms with Gasteiger partial charge < -0.3 is 24.1 Å². The highest BCUT2D eigenvalue weighted by Crippen LogP contribution is 2.41. The molecule has 0 fully saturated rings. The maximum Gasteiger partial charge on any atom is 0.234 e. The molecule has 0 saturated carbocycles. The van der Waals surface area contributed by atoms with Crippen LogP contribution in [0.15, 0.2) is 35.5 Å². The average molecular weight is 485 g/mol. The summed E-state index contributed by atoms with van der Waals surface area (Å²) in [4.78, 5) is 12.8. The van der Waals surface area contributed by atoms with Gasteiger partial charge in [0.1, 0.15) is 0 Å². The minimum absolute atomic E-state index is 0.0689. The number of thioether (sulfide) groups is 1. The Balaban J connectivity index is 1.82. The van der Waals surface area contributed by atoms with E-state index in [2.05, 4.69) is 41.5 Å². The van der Waals surface area contributed by atoms with Gasteiger partial charge in [0, 0.05) is 17.8 Å². The van der Waals surface area contributed by atoms with E-state index in [4.69, 9.17) is 14.2 Å². The molecule has 0 atom stereocenters. The highest BCUT2D eigenvalue weighted by atomic mass is 32.2. The normalized spacial score (nSPS) is 10.8. The zero-order valence-corrected chi connectivity index (χ0v) is 21.4. The van der Waals surface area contributed by atoms with E-state index >= 15 is 0 Å². The van der Waals surface area contributed by atoms with Crippen molar-refractivity contribution in [1.82, 2.24) is 14.8 Å². The quantitative estimate of drug-likeness (QED) is 0.389. The number of anilines is 1. The molecule has 182 valence electrons. The Hall–Kier alpha value is -3.20. The number of para-hydroxylation sites is 1. The minimum Gasteiger partial charge on any atom is -0.493 e. The summed E-state index contributed by atoms with van der Waals surface area (Å²) in [6.07, 6.45) is 1.72. The first kappa shape index (κ1) is 25.4. The van der Waals surface area contributed by atoms with Gasteiger partial charge >= 0.3 is 0 Å². The number of carbonyl (C=O) groups excluding carboxylic acids is 1. The number of carbonyl (C=O) groups is 1. The third-order valence-electron chi connectivity index (χ3n) is 5.55. The summed E-state index contributed by atoms with van der Waals surface area (Å²) in [5.41, 5.74) is 3.98. The lowest BCUT2D eigenvalue weighted by Gasteiger charge is -2.15. The lowest BCUT2D eigenvalue weighted by atomic mass is 10.0. The maximum atomic E-state index is 12.8. The van der Waals surface area contributed by atoms with Gasteiger partial charge in [-0.1, -0.05) is 43.8 Å². The summed E-state index contributed by atoms with van der Waals surface area (Å²) in [6, 6.07) is 9.83. The highest BCUT2D eigenvalue weighted by Gasteiger charge is 2.20. The molecule has 0 aliphatic carbocycles. The summed E-state index contributed by atoms with van der Waals surface area (Å²) < 4.78 is 18.3. The second kappa shape index (κ2) is 11.8. The molecule has 0 unspecified atom stereocenters. The van der Waals surface area contributed by atoms with Gasteiger partial charge in [0.15, 0.2) is 22.5 Å². The van der Waals surface area contributed by atoms with Crippen LogP contribution >= 0.6 is 11.8 Å². The number of nitrogens with zero attached hydrogens (tertiary/aromatic N) is 3. The molecule has 0 radical (unpaired) electrons. The highest BCUT2D eigenvalue weighted by molar-refractivity contribution is 7.99. The van der Waals surface area contributed by atoms with Crippen molar-refractivity contribution in [2.75, 3.05) is 32.4 Å². The van der Waals surface area contributed by atoms with Gasteiger partial charge in [-0.05, 0) is 43.0 Å². The van der Waals surface area contributed by atoms with E-state index in [0.29, 0.717) is 34.8 Å². The second-order valence-corrected chi connectivity index (χ2v) is 8.40. The molecule has 0 spiro atoms. The molecule has 0 bridgehead atoms. The topological polar surface area (TPSA) is 87.5 Å². The predicted molar refractivity (Wildman–Crippen MR) is 135 cm³/mol. The van der Waals surface area contributed by atoms with E-state index in [-0.39, 0.29) is 11.7 Å². The van der Waals surface area contributed by atoms with Crippen LogP contribution in [0.3, 0.4) is 0 Å². The predicted octanol–water partition coefficient (Wildman–Crippen LogP) is 4.85. The number of rotatable bonds is 11. The van der Waals surface area contributed by atoms with Crippen LogP contribution in [-0.4, -0.2) is 47.8 Å². The minimum atomic E-state index is -0.0689. The number of ether oxygens (including phenoxy) is 3. The van der Waals surface area contributed by atoms with Gasteiger partial charge in [0.05, 0.1) is 27.1 Å². The monoisotopic (exact) mass is 484 g/mol.